The number of ether oxygens (including phenoxy) is 1. The van der Waals surface area contributed by atoms with E-state index >= 15 is 0 Å². The van der Waals surface area contributed by atoms with Crippen molar-refractivity contribution >= 4 is 40.6 Å². The summed E-state index contributed by atoms with van der Waals surface area (Å²) in [6.45, 7) is 0. The van der Waals surface area contributed by atoms with Crippen LogP contribution in [-0.4, -0.2) is 46.3 Å². The number of thioether (sulfide) groups is 1. The number of amidine groups is 1. The van der Waals surface area contributed by atoms with Crippen LogP contribution in [0.4, 0.5) is 5.69 Å². The Bertz CT molecular complexity index is 984. The molecule has 1 saturated heterocycles. The smallest absolute Gasteiger partial charge is 0.337 e. The summed E-state index contributed by atoms with van der Waals surface area (Å²) in [6.07, 6.45) is 1.66. The number of carboxylic acids is 1. The van der Waals surface area contributed by atoms with Gasteiger partial charge in [0.05, 0.1) is 23.3 Å². The molecule has 7 nitrogen and oxygen atoms in total. The number of rotatable bonds is 4. The number of aromatic hydroxyl groups is 1. The number of hydrogen-bond acceptors (Lipinski definition) is 6. The molecule has 8 heteroatoms. The number of phenols is 1. The molecule has 1 heterocycles. The Kier molecular flexibility index (Phi) is 5.18. The predicted octanol–water partition coefficient (Wildman–Crippen LogP) is 3.33. The number of aromatic carboxylic acids is 1. The highest BCUT2D eigenvalue weighted by Gasteiger charge is 2.30. The molecule has 0 spiro atoms. The van der Waals surface area contributed by atoms with Crippen molar-refractivity contribution < 1.29 is 24.5 Å². The van der Waals surface area contributed by atoms with Gasteiger partial charge in [-0.15, -0.1) is 0 Å². The minimum absolute atomic E-state index is 0.00898. The first-order valence-electron chi connectivity index (χ1n) is 7.86. The standard InChI is InChI=1S/C19H16N2O5S/c1-21-17(23)16(10-11-7-8-14(22)15(9-11)26-2)27-19(21)20-13-6-4-3-5-12(13)18(24)25/h3-10,22H,1-2H3,(H,24,25)/b16-10-,20-19?. The molecule has 0 radical (unpaired) electrons. The van der Waals surface area contributed by atoms with Gasteiger partial charge < -0.3 is 14.9 Å². The molecule has 0 bridgehead atoms. The highest BCUT2D eigenvalue weighted by Crippen LogP contribution is 2.35. The number of carboxylic acid groups (broad SMARTS) is 1. The quantitative estimate of drug-likeness (QED) is 0.785. The highest BCUT2D eigenvalue weighted by atomic mass is 32.2. The van der Waals surface area contributed by atoms with Gasteiger partial charge >= 0.3 is 5.97 Å². The van der Waals surface area contributed by atoms with E-state index in [1.165, 1.54) is 24.1 Å². The van der Waals surface area contributed by atoms with Crippen molar-refractivity contribution in [1.29, 1.82) is 0 Å². The van der Waals surface area contributed by atoms with Gasteiger partial charge in [-0.3, -0.25) is 9.69 Å². The number of carbonyl (C=O) groups excluding carboxylic acids is 1. The Morgan fingerprint density at radius 1 is 1.26 bits per heavy atom. The monoisotopic (exact) mass is 384 g/mol. The first-order chi connectivity index (χ1) is 12.9. The number of likely N-dealkylation sites (N-methyl/N-ethyl adjacent to an activating group) is 1. The first kappa shape index (κ1) is 18.5. The lowest BCUT2D eigenvalue weighted by Gasteiger charge is -2.08. The molecule has 2 aromatic rings. The minimum Gasteiger partial charge on any atom is -0.504 e. The maximum Gasteiger partial charge on any atom is 0.337 e. The van der Waals surface area contributed by atoms with Crippen molar-refractivity contribution in [3.8, 4) is 11.5 Å². The van der Waals surface area contributed by atoms with Gasteiger partial charge in [-0.1, -0.05) is 18.2 Å². The number of carbonyl (C=O) groups is 2. The van der Waals surface area contributed by atoms with Gasteiger partial charge in [0.15, 0.2) is 16.7 Å². The molecule has 2 N–H and O–H groups in total. The zero-order valence-electron chi connectivity index (χ0n) is 14.5. The molecule has 0 aromatic heterocycles. The largest absolute Gasteiger partial charge is 0.504 e. The number of amides is 1. The second-order valence-electron chi connectivity index (χ2n) is 5.62. The lowest BCUT2D eigenvalue weighted by atomic mass is 10.2. The summed E-state index contributed by atoms with van der Waals surface area (Å²) in [4.78, 5) is 30.0. The van der Waals surface area contributed by atoms with Crippen molar-refractivity contribution in [3.05, 3.63) is 58.5 Å². The number of para-hydroxylation sites is 1. The minimum atomic E-state index is -1.08. The molecule has 3 rings (SSSR count). The normalized spacial score (nSPS) is 17.0. The summed E-state index contributed by atoms with van der Waals surface area (Å²) in [5.41, 5.74) is 1.02. The average molecular weight is 384 g/mol. The first-order valence-corrected chi connectivity index (χ1v) is 8.68. The van der Waals surface area contributed by atoms with Crippen molar-refractivity contribution in [1.82, 2.24) is 4.90 Å². The van der Waals surface area contributed by atoms with Crippen molar-refractivity contribution in [2.24, 2.45) is 4.99 Å². The Morgan fingerprint density at radius 2 is 2.00 bits per heavy atom. The third-order valence-corrected chi connectivity index (χ3v) is 4.92. The Balaban J connectivity index is 1.95. The van der Waals surface area contributed by atoms with Gasteiger partial charge in [-0.2, -0.15) is 0 Å². The van der Waals surface area contributed by atoms with Crippen LogP contribution >= 0.6 is 11.8 Å². The summed E-state index contributed by atoms with van der Waals surface area (Å²) in [6, 6.07) is 11.1. The van der Waals surface area contributed by atoms with Gasteiger partial charge in [0.25, 0.3) is 5.91 Å². The molecule has 0 unspecified atom stereocenters. The fourth-order valence-corrected chi connectivity index (χ4v) is 3.42. The Hall–Kier alpha value is -3.26. The fourth-order valence-electron chi connectivity index (χ4n) is 2.44. The maximum absolute atomic E-state index is 12.5. The molecule has 1 aliphatic rings. The summed E-state index contributed by atoms with van der Waals surface area (Å²) in [5, 5.41) is 19.3. The van der Waals surface area contributed by atoms with E-state index in [0.29, 0.717) is 21.4 Å². The van der Waals surface area contributed by atoms with Gasteiger partial charge in [0.1, 0.15) is 0 Å². The molecular weight excluding hydrogens is 368 g/mol. The predicted molar refractivity (Wildman–Crippen MR) is 103 cm³/mol. The molecule has 27 heavy (non-hydrogen) atoms. The van der Waals surface area contributed by atoms with E-state index in [-0.39, 0.29) is 22.9 Å². The second-order valence-corrected chi connectivity index (χ2v) is 6.63. The van der Waals surface area contributed by atoms with Crippen molar-refractivity contribution in [3.63, 3.8) is 0 Å². The van der Waals surface area contributed by atoms with E-state index in [4.69, 9.17) is 4.74 Å². The molecule has 2 aromatic carbocycles. The zero-order chi connectivity index (χ0) is 19.6. The molecule has 1 amide bonds. The van der Waals surface area contributed by atoms with Crippen LogP contribution in [0.2, 0.25) is 0 Å². The fraction of sp³-hybridized carbons (Fsp3) is 0.105. The van der Waals surface area contributed by atoms with Crippen molar-refractivity contribution in [2.75, 3.05) is 14.2 Å². The van der Waals surface area contributed by atoms with Crippen LogP contribution in [0.25, 0.3) is 6.08 Å². The number of phenolic OH excluding ortho intramolecular Hbond substituents is 1. The van der Waals surface area contributed by atoms with Crippen molar-refractivity contribution in [2.45, 2.75) is 0 Å². The number of hydrogen-bond donors (Lipinski definition) is 2. The van der Waals surface area contributed by atoms with E-state index in [2.05, 4.69) is 4.99 Å². The van der Waals surface area contributed by atoms with E-state index in [9.17, 15) is 19.8 Å². The third kappa shape index (κ3) is 3.80. The van der Waals surface area contributed by atoms with Crippen LogP contribution in [-0.2, 0) is 4.79 Å². The number of benzene rings is 2. The zero-order valence-corrected chi connectivity index (χ0v) is 15.4. The maximum atomic E-state index is 12.5. The van der Waals surface area contributed by atoms with Crippen LogP contribution in [0.1, 0.15) is 15.9 Å². The molecule has 0 aliphatic carbocycles. The molecular formula is C19H16N2O5S. The van der Waals surface area contributed by atoms with Gasteiger partial charge in [0, 0.05) is 7.05 Å². The van der Waals surface area contributed by atoms with E-state index in [0.717, 1.165) is 11.8 Å². The lowest BCUT2D eigenvalue weighted by Crippen LogP contribution is -2.23. The van der Waals surface area contributed by atoms with Crippen LogP contribution in [0.3, 0.4) is 0 Å². The summed E-state index contributed by atoms with van der Waals surface area (Å²) in [7, 11) is 3.02. The summed E-state index contributed by atoms with van der Waals surface area (Å²) in [5.74, 6) is -1.02. The number of aliphatic imine (C=N–C) groups is 1. The molecule has 0 atom stereocenters. The van der Waals surface area contributed by atoms with Gasteiger partial charge in [-0.25, -0.2) is 9.79 Å². The lowest BCUT2D eigenvalue weighted by molar-refractivity contribution is -0.121. The number of nitrogens with zero attached hydrogens (tertiary/aromatic N) is 2. The van der Waals surface area contributed by atoms with Crippen LogP contribution in [0.5, 0.6) is 11.5 Å². The van der Waals surface area contributed by atoms with Gasteiger partial charge in [-0.05, 0) is 47.7 Å². The van der Waals surface area contributed by atoms with E-state index in [1.807, 2.05) is 0 Å². The molecule has 1 fully saturated rings. The topological polar surface area (TPSA) is 99.4 Å². The highest BCUT2D eigenvalue weighted by molar-refractivity contribution is 8.18. The number of methoxy groups -OCH3 is 1. The average Bonchev–Trinajstić information content (AvgIpc) is 2.91. The van der Waals surface area contributed by atoms with Crippen LogP contribution in [0, 0.1) is 0 Å². The molecule has 138 valence electrons. The van der Waals surface area contributed by atoms with E-state index < -0.39 is 5.97 Å². The third-order valence-electron chi connectivity index (χ3n) is 3.86. The van der Waals surface area contributed by atoms with Crippen LogP contribution in [0.15, 0.2) is 52.4 Å². The Morgan fingerprint density at radius 3 is 2.70 bits per heavy atom. The second kappa shape index (κ2) is 7.55. The molecule has 1 aliphatic heterocycles. The summed E-state index contributed by atoms with van der Waals surface area (Å²) < 4.78 is 5.07. The Labute approximate surface area is 159 Å². The van der Waals surface area contributed by atoms with Gasteiger partial charge in [0.2, 0.25) is 0 Å². The van der Waals surface area contributed by atoms with E-state index in [1.54, 1.807) is 43.5 Å². The molecule has 0 saturated carbocycles. The SMILES string of the molecule is COc1cc(/C=C2\SC(=Nc3ccccc3C(=O)O)N(C)C2=O)ccc1O. The summed E-state index contributed by atoms with van der Waals surface area (Å²) >= 11 is 1.15. The van der Waals surface area contributed by atoms with Crippen LogP contribution < -0.4 is 4.74 Å².